The molecule has 0 atom stereocenters. The molecule has 4 aromatic rings. The van der Waals surface area contributed by atoms with Gasteiger partial charge in [-0.05, 0) is 43.7 Å². The number of aryl methyl sites for hydroxylation is 2. The molecule has 7 nitrogen and oxygen atoms in total. The maximum absolute atomic E-state index is 5.96. The summed E-state index contributed by atoms with van der Waals surface area (Å²) in [5, 5.41) is 12.5. The number of thioether (sulfide) groups is 1. The Bertz CT molecular complexity index is 1270. The first-order valence-corrected chi connectivity index (χ1v) is 12.0. The van der Waals surface area contributed by atoms with Gasteiger partial charge in [-0.25, -0.2) is 4.98 Å². The number of hydrogen-bond acceptors (Lipinski definition) is 8. The van der Waals surface area contributed by atoms with Gasteiger partial charge in [0.15, 0.2) is 22.5 Å². The fourth-order valence-electron chi connectivity index (χ4n) is 3.37. The number of nitrogens with zero attached hydrogens (tertiary/aromatic N) is 4. The summed E-state index contributed by atoms with van der Waals surface area (Å²) in [4.78, 5) is 4.77. The minimum Gasteiger partial charge on any atom is -0.485 e. The Morgan fingerprint density at radius 2 is 1.97 bits per heavy atom. The fourth-order valence-corrected chi connectivity index (χ4v) is 5.12. The summed E-state index contributed by atoms with van der Waals surface area (Å²) in [7, 11) is 1.96. The Kier molecular flexibility index (Phi) is 5.75. The highest BCUT2D eigenvalue weighted by Crippen LogP contribution is 2.37. The highest BCUT2D eigenvalue weighted by molar-refractivity contribution is 7.98. The number of thiazole rings is 1. The van der Waals surface area contributed by atoms with Crippen LogP contribution in [0.1, 0.15) is 22.6 Å². The molecule has 1 aliphatic heterocycles. The third-order valence-electron chi connectivity index (χ3n) is 5.13. The van der Waals surface area contributed by atoms with Crippen molar-refractivity contribution in [2.75, 3.05) is 6.79 Å². The standard InChI is InChI=1S/C23H22N4O3S2/c1-14-4-6-18(15(2)8-14)28-10-21-25-26-23(27(21)3)32-12-17-11-31-22(24-17)16-5-7-19-20(9-16)30-13-29-19/h4-9,11H,10,12-13H2,1-3H3. The number of rotatable bonds is 7. The van der Waals surface area contributed by atoms with Gasteiger partial charge in [0.1, 0.15) is 17.4 Å². The van der Waals surface area contributed by atoms with E-state index >= 15 is 0 Å². The van der Waals surface area contributed by atoms with Crippen molar-refractivity contribution in [3.8, 4) is 27.8 Å². The minimum absolute atomic E-state index is 0.272. The van der Waals surface area contributed by atoms with E-state index in [0.29, 0.717) is 12.4 Å². The van der Waals surface area contributed by atoms with Crippen molar-refractivity contribution in [1.82, 2.24) is 19.7 Å². The molecule has 0 bridgehead atoms. The summed E-state index contributed by atoms with van der Waals surface area (Å²) in [6, 6.07) is 12.1. The molecule has 0 N–H and O–H groups in total. The van der Waals surface area contributed by atoms with E-state index in [9.17, 15) is 0 Å². The van der Waals surface area contributed by atoms with Crippen molar-refractivity contribution in [1.29, 1.82) is 0 Å². The lowest BCUT2D eigenvalue weighted by atomic mass is 10.1. The molecule has 3 heterocycles. The third kappa shape index (κ3) is 4.31. The molecule has 0 fully saturated rings. The molecule has 164 valence electrons. The second-order valence-electron chi connectivity index (χ2n) is 7.52. The van der Waals surface area contributed by atoms with Crippen molar-refractivity contribution in [3.63, 3.8) is 0 Å². The average Bonchev–Trinajstić information content (AvgIpc) is 3.51. The van der Waals surface area contributed by atoms with E-state index in [1.807, 2.05) is 48.9 Å². The predicted octanol–water partition coefficient (Wildman–Crippen LogP) is 5.16. The van der Waals surface area contributed by atoms with E-state index in [-0.39, 0.29) is 6.79 Å². The Morgan fingerprint density at radius 1 is 1.09 bits per heavy atom. The number of fused-ring (bicyclic) bond motifs is 1. The molecule has 0 radical (unpaired) electrons. The van der Waals surface area contributed by atoms with Crippen molar-refractivity contribution >= 4 is 23.1 Å². The molecule has 0 spiro atoms. The van der Waals surface area contributed by atoms with Crippen LogP contribution in [-0.4, -0.2) is 26.5 Å². The zero-order valence-corrected chi connectivity index (χ0v) is 19.6. The molecule has 1 aliphatic rings. The Labute approximate surface area is 194 Å². The molecule has 0 saturated carbocycles. The number of hydrogen-bond donors (Lipinski definition) is 0. The second kappa shape index (κ2) is 8.84. The Balaban J connectivity index is 1.21. The smallest absolute Gasteiger partial charge is 0.231 e. The van der Waals surface area contributed by atoms with E-state index in [4.69, 9.17) is 19.2 Å². The van der Waals surface area contributed by atoms with Crippen molar-refractivity contribution < 1.29 is 14.2 Å². The van der Waals surface area contributed by atoms with Crippen LogP contribution >= 0.6 is 23.1 Å². The van der Waals surface area contributed by atoms with Crippen LogP contribution in [0.25, 0.3) is 10.6 Å². The van der Waals surface area contributed by atoms with Crippen LogP contribution in [0.5, 0.6) is 17.2 Å². The first kappa shape index (κ1) is 20.8. The molecule has 0 saturated heterocycles. The van der Waals surface area contributed by atoms with Gasteiger partial charge in [0.2, 0.25) is 6.79 Å². The van der Waals surface area contributed by atoms with Crippen LogP contribution in [0, 0.1) is 13.8 Å². The lowest BCUT2D eigenvalue weighted by Crippen LogP contribution is -2.05. The van der Waals surface area contributed by atoms with E-state index in [0.717, 1.165) is 50.1 Å². The number of ether oxygens (including phenoxy) is 3. The van der Waals surface area contributed by atoms with Crippen molar-refractivity contribution in [2.45, 2.75) is 31.4 Å². The molecule has 0 unspecified atom stereocenters. The molecule has 0 aliphatic carbocycles. The normalized spacial score (nSPS) is 12.3. The molecule has 32 heavy (non-hydrogen) atoms. The van der Waals surface area contributed by atoms with Gasteiger partial charge < -0.3 is 18.8 Å². The summed E-state index contributed by atoms with van der Waals surface area (Å²) in [6.07, 6.45) is 0. The maximum atomic E-state index is 5.96. The zero-order chi connectivity index (χ0) is 22.1. The van der Waals surface area contributed by atoms with Gasteiger partial charge in [-0.2, -0.15) is 0 Å². The van der Waals surface area contributed by atoms with Gasteiger partial charge in [-0.1, -0.05) is 29.5 Å². The third-order valence-corrected chi connectivity index (χ3v) is 7.13. The fraction of sp³-hybridized carbons (Fsp3) is 0.261. The number of aromatic nitrogens is 4. The minimum atomic E-state index is 0.272. The highest BCUT2D eigenvalue weighted by atomic mass is 32.2. The average molecular weight is 467 g/mol. The lowest BCUT2D eigenvalue weighted by Gasteiger charge is -2.09. The van der Waals surface area contributed by atoms with Gasteiger partial charge >= 0.3 is 0 Å². The van der Waals surface area contributed by atoms with Crippen LogP contribution < -0.4 is 14.2 Å². The van der Waals surface area contributed by atoms with Crippen LogP contribution in [-0.2, 0) is 19.4 Å². The van der Waals surface area contributed by atoms with Crippen molar-refractivity contribution in [3.05, 3.63) is 64.4 Å². The topological polar surface area (TPSA) is 71.3 Å². The first-order chi connectivity index (χ1) is 15.6. The van der Waals surface area contributed by atoms with Crippen LogP contribution in [0.15, 0.2) is 46.9 Å². The molecule has 9 heteroatoms. The molecule has 0 amide bonds. The second-order valence-corrected chi connectivity index (χ2v) is 9.32. The van der Waals surface area contributed by atoms with Crippen LogP contribution in [0.2, 0.25) is 0 Å². The molecular formula is C23H22N4O3S2. The van der Waals surface area contributed by atoms with Crippen molar-refractivity contribution in [2.24, 2.45) is 7.05 Å². The summed E-state index contributed by atoms with van der Waals surface area (Å²) < 4.78 is 18.8. The van der Waals surface area contributed by atoms with Gasteiger partial charge in [0, 0.05) is 23.7 Å². The van der Waals surface area contributed by atoms with Crippen LogP contribution in [0.4, 0.5) is 0 Å². The van der Waals surface area contributed by atoms with E-state index < -0.39 is 0 Å². The maximum Gasteiger partial charge on any atom is 0.231 e. The van der Waals surface area contributed by atoms with Gasteiger partial charge in [0.25, 0.3) is 0 Å². The van der Waals surface area contributed by atoms with Gasteiger partial charge in [-0.15, -0.1) is 21.5 Å². The number of benzene rings is 2. The van der Waals surface area contributed by atoms with E-state index in [1.165, 1.54) is 5.56 Å². The summed E-state index contributed by atoms with van der Waals surface area (Å²) in [6.45, 7) is 4.77. The Morgan fingerprint density at radius 3 is 2.84 bits per heavy atom. The Hall–Kier alpha value is -3.04. The molecular weight excluding hydrogens is 444 g/mol. The van der Waals surface area contributed by atoms with Crippen LogP contribution in [0.3, 0.4) is 0 Å². The molecule has 5 rings (SSSR count). The summed E-state index contributed by atoms with van der Waals surface area (Å²) in [5.41, 5.74) is 4.36. The monoisotopic (exact) mass is 466 g/mol. The quantitative estimate of drug-likeness (QED) is 0.349. The first-order valence-electron chi connectivity index (χ1n) is 10.1. The van der Waals surface area contributed by atoms with Gasteiger partial charge in [0.05, 0.1) is 5.69 Å². The SMILES string of the molecule is Cc1ccc(OCc2nnc(SCc3csc(-c4ccc5c(c4)OCO5)n3)n2C)c(C)c1. The molecule has 2 aromatic heterocycles. The largest absolute Gasteiger partial charge is 0.485 e. The summed E-state index contributed by atoms with van der Waals surface area (Å²) in [5.74, 6) is 3.91. The molecule has 2 aromatic carbocycles. The van der Waals surface area contributed by atoms with E-state index in [1.54, 1.807) is 23.1 Å². The lowest BCUT2D eigenvalue weighted by molar-refractivity contribution is 0.174. The summed E-state index contributed by atoms with van der Waals surface area (Å²) >= 11 is 3.23. The predicted molar refractivity (Wildman–Crippen MR) is 124 cm³/mol. The van der Waals surface area contributed by atoms with Gasteiger partial charge in [-0.3, -0.25) is 0 Å². The zero-order valence-electron chi connectivity index (χ0n) is 18.0. The highest BCUT2D eigenvalue weighted by Gasteiger charge is 2.16. The van der Waals surface area contributed by atoms with E-state index in [2.05, 4.69) is 28.6 Å².